The van der Waals surface area contributed by atoms with E-state index in [1.807, 2.05) is 18.3 Å². The quantitative estimate of drug-likeness (QED) is 0.837. The van der Waals surface area contributed by atoms with Crippen LogP contribution in [-0.4, -0.2) is 55.6 Å². The van der Waals surface area contributed by atoms with E-state index in [1.54, 1.807) is 7.11 Å². The predicted octanol–water partition coefficient (Wildman–Crippen LogP) is 2.08. The Balaban J connectivity index is 1.79. The monoisotopic (exact) mass is 299 g/mol. The molecule has 0 bridgehead atoms. The molecule has 0 saturated carbocycles. The van der Waals surface area contributed by atoms with Gasteiger partial charge in [0, 0.05) is 31.1 Å². The molecule has 1 aliphatic heterocycles. The first-order valence-corrected chi connectivity index (χ1v) is 8.08. The first kappa shape index (κ1) is 15.9. The molecule has 5 heteroatoms. The highest BCUT2D eigenvalue weighted by atomic mass is 32.1. The van der Waals surface area contributed by atoms with E-state index in [2.05, 4.69) is 23.3 Å². The Morgan fingerprint density at radius 3 is 3.05 bits per heavy atom. The molecule has 1 aromatic rings. The Hall–Kier alpha value is -0.460. The van der Waals surface area contributed by atoms with Crippen molar-refractivity contribution >= 4 is 11.3 Å². The van der Waals surface area contributed by atoms with Crippen LogP contribution in [0.1, 0.15) is 30.3 Å². The first-order chi connectivity index (χ1) is 9.61. The molecular weight excluding hydrogens is 274 g/mol. The number of thiophene rings is 1. The summed E-state index contributed by atoms with van der Waals surface area (Å²) in [5.74, 6) is 0. The molecule has 0 aliphatic carbocycles. The van der Waals surface area contributed by atoms with Crippen LogP contribution in [0, 0.1) is 0 Å². The lowest BCUT2D eigenvalue weighted by atomic mass is 10.0. The van der Waals surface area contributed by atoms with E-state index < -0.39 is 6.10 Å². The summed E-state index contributed by atoms with van der Waals surface area (Å²) in [6.45, 7) is 6.77. The van der Waals surface area contributed by atoms with Crippen molar-refractivity contribution < 1.29 is 14.6 Å². The van der Waals surface area contributed by atoms with E-state index in [0.29, 0.717) is 25.8 Å². The normalized spacial score (nSPS) is 22.5. The first-order valence-electron chi connectivity index (χ1n) is 7.20. The molecule has 1 N–H and O–H groups in total. The SMILES string of the molecule is COCC(C)OCC(O)CN1CCc2sccc2C1C. The van der Waals surface area contributed by atoms with Crippen LogP contribution in [0.5, 0.6) is 0 Å². The summed E-state index contributed by atoms with van der Waals surface area (Å²) in [6.07, 6.45) is 0.666. The Kier molecular flexibility index (Phi) is 5.99. The smallest absolute Gasteiger partial charge is 0.0900 e. The molecule has 20 heavy (non-hydrogen) atoms. The molecule has 2 rings (SSSR count). The maximum Gasteiger partial charge on any atom is 0.0900 e. The molecule has 4 nitrogen and oxygen atoms in total. The molecular formula is C15H25NO3S. The van der Waals surface area contributed by atoms with Gasteiger partial charge in [0.25, 0.3) is 0 Å². The minimum atomic E-state index is -0.447. The number of β-amino-alcohol motifs (C(OH)–C–C–N with tert-alkyl or cyclic N) is 1. The maximum absolute atomic E-state index is 10.1. The summed E-state index contributed by atoms with van der Waals surface area (Å²) in [6, 6.07) is 2.59. The minimum Gasteiger partial charge on any atom is -0.389 e. The maximum atomic E-state index is 10.1. The van der Waals surface area contributed by atoms with Crippen LogP contribution in [0.3, 0.4) is 0 Å². The summed E-state index contributed by atoms with van der Waals surface area (Å²) in [5.41, 5.74) is 1.42. The number of hydrogen-bond acceptors (Lipinski definition) is 5. The van der Waals surface area contributed by atoms with Gasteiger partial charge in [0.2, 0.25) is 0 Å². The van der Waals surface area contributed by atoms with E-state index in [4.69, 9.17) is 9.47 Å². The third kappa shape index (κ3) is 4.02. The largest absolute Gasteiger partial charge is 0.389 e. The zero-order chi connectivity index (χ0) is 14.5. The van der Waals surface area contributed by atoms with Crippen molar-refractivity contribution in [3.63, 3.8) is 0 Å². The van der Waals surface area contributed by atoms with Crippen LogP contribution in [0.2, 0.25) is 0 Å². The van der Waals surface area contributed by atoms with E-state index in [9.17, 15) is 5.11 Å². The Bertz CT molecular complexity index is 410. The Labute approximate surface area is 125 Å². The van der Waals surface area contributed by atoms with Gasteiger partial charge in [-0.15, -0.1) is 11.3 Å². The molecule has 114 valence electrons. The zero-order valence-corrected chi connectivity index (χ0v) is 13.4. The van der Waals surface area contributed by atoms with Crippen LogP contribution in [0.15, 0.2) is 11.4 Å². The number of aliphatic hydroxyl groups excluding tert-OH is 1. The van der Waals surface area contributed by atoms with Gasteiger partial charge in [-0.3, -0.25) is 4.90 Å². The molecule has 1 aliphatic rings. The molecule has 0 aromatic carbocycles. The van der Waals surface area contributed by atoms with Crippen LogP contribution in [0.4, 0.5) is 0 Å². The zero-order valence-electron chi connectivity index (χ0n) is 12.5. The van der Waals surface area contributed by atoms with Gasteiger partial charge in [-0.25, -0.2) is 0 Å². The van der Waals surface area contributed by atoms with Crippen LogP contribution >= 0.6 is 11.3 Å². The van der Waals surface area contributed by atoms with Crippen molar-refractivity contribution in [1.29, 1.82) is 0 Å². The molecule has 1 aromatic heterocycles. The average Bonchev–Trinajstić information content (AvgIpc) is 2.89. The van der Waals surface area contributed by atoms with Gasteiger partial charge >= 0.3 is 0 Å². The van der Waals surface area contributed by atoms with Crippen molar-refractivity contribution in [3.05, 3.63) is 21.9 Å². The second kappa shape index (κ2) is 7.52. The fourth-order valence-electron chi connectivity index (χ4n) is 2.69. The van der Waals surface area contributed by atoms with E-state index in [0.717, 1.165) is 13.0 Å². The number of hydrogen-bond donors (Lipinski definition) is 1. The Morgan fingerprint density at radius 1 is 1.50 bits per heavy atom. The molecule has 0 radical (unpaired) electrons. The van der Waals surface area contributed by atoms with Crippen molar-refractivity contribution in [1.82, 2.24) is 4.90 Å². The van der Waals surface area contributed by atoms with Gasteiger partial charge < -0.3 is 14.6 Å². The molecule has 3 unspecified atom stereocenters. The molecule has 0 amide bonds. The van der Waals surface area contributed by atoms with Crippen LogP contribution in [-0.2, 0) is 15.9 Å². The van der Waals surface area contributed by atoms with Gasteiger partial charge in [0.1, 0.15) is 0 Å². The lowest BCUT2D eigenvalue weighted by Crippen LogP contribution is -2.40. The number of aliphatic hydroxyl groups is 1. The van der Waals surface area contributed by atoms with Crippen LogP contribution < -0.4 is 0 Å². The van der Waals surface area contributed by atoms with E-state index in [1.165, 1.54) is 10.4 Å². The fraction of sp³-hybridized carbons (Fsp3) is 0.733. The van der Waals surface area contributed by atoms with Gasteiger partial charge in [-0.2, -0.15) is 0 Å². The minimum absolute atomic E-state index is 0.0249. The Morgan fingerprint density at radius 2 is 2.30 bits per heavy atom. The van der Waals surface area contributed by atoms with Crippen molar-refractivity contribution in [3.8, 4) is 0 Å². The third-order valence-electron chi connectivity index (χ3n) is 3.82. The second-order valence-electron chi connectivity index (χ2n) is 5.47. The molecule has 0 saturated heterocycles. The molecule has 3 atom stereocenters. The highest BCUT2D eigenvalue weighted by Crippen LogP contribution is 2.32. The summed E-state index contributed by atoms with van der Waals surface area (Å²) in [4.78, 5) is 3.83. The average molecular weight is 299 g/mol. The highest BCUT2D eigenvalue weighted by Gasteiger charge is 2.26. The van der Waals surface area contributed by atoms with Gasteiger partial charge in [-0.05, 0) is 37.3 Å². The molecule has 0 fully saturated rings. The number of nitrogens with zero attached hydrogens (tertiary/aromatic N) is 1. The lowest BCUT2D eigenvalue weighted by Gasteiger charge is -2.35. The van der Waals surface area contributed by atoms with Gasteiger partial charge in [-0.1, -0.05) is 0 Å². The topological polar surface area (TPSA) is 41.9 Å². The summed E-state index contributed by atoms with van der Waals surface area (Å²) >= 11 is 1.84. The van der Waals surface area contributed by atoms with Gasteiger partial charge in [0.15, 0.2) is 0 Å². The second-order valence-corrected chi connectivity index (χ2v) is 6.47. The highest BCUT2D eigenvalue weighted by molar-refractivity contribution is 7.10. The van der Waals surface area contributed by atoms with Crippen LogP contribution in [0.25, 0.3) is 0 Å². The van der Waals surface area contributed by atoms with Gasteiger partial charge in [0.05, 0.1) is 25.4 Å². The number of rotatable bonds is 7. The predicted molar refractivity (Wildman–Crippen MR) is 81.3 cm³/mol. The lowest BCUT2D eigenvalue weighted by molar-refractivity contribution is -0.0429. The summed E-state index contributed by atoms with van der Waals surface area (Å²) in [5, 5.41) is 12.3. The molecule has 2 heterocycles. The fourth-order valence-corrected chi connectivity index (χ4v) is 3.66. The van der Waals surface area contributed by atoms with Crippen molar-refractivity contribution in [2.45, 2.75) is 38.5 Å². The number of ether oxygens (including phenoxy) is 2. The van der Waals surface area contributed by atoms with E-state index in [-0.39, 0.29) is 6.10 Å². The van der Waals surface area contributed by atoms with Crippen molar-refractivity contribution in [2.75, 3.05) is 33.4 Å². The summed E-state index contributed by atoms with van der Waals surface area (Å²) < 4.78 is 10.6. The number of fused-ring (bicyclic) bond motifs is 1. The van der Waals surface area contributed by atoms with Crippen molar-refractivity contribution in [2.24, 2.45) is 0 Å². The standard InChI is InChI=1S/C15H25NO3S/c1-11(9-18-3)19-10-13(17)8-16-6-4-15-14(12(16)2)5-7-20-15/h5,7,11-13,17H,4,6,8-10H2,1-3H3. The third-order valence-corrected chi connectivity index (χ3v) is 4.82. The molecule has 0 spiro atoms. The summed E-state index contributed by atoms with van der Waals surface area (Å²) in [7, 11) is 1.66. The van der Waals surface area contributed by atoms with E-state index >= 15 is 0 Å². The number of methoxy groups -OCH3 is 1.